The molecule has 7 atom stereocenters. The van der Waals surface area contributed by atoms with Crippen molar-refractivity contribution in [3.8, 4) is 11.5 Å². The Balaban J connectivity index is 0.957. The number of carbonyl (C=O) groups is 1. The van der Waals surface area contributed by atoms with Crippen LogP contribution in [-0.4, -0.2) is 98.6 Å². The molecular weight excluding hydrogens is 926 g/mol. The Kier molecular flexibility index (Phi) is 14.0. The number of methoxy groups -OCH3 is 2. The Bertz CT molecular complexity index is 3040. The number of aryl methyl sites for hydroxylation is 1. The zero-order valence-corrected chi connectivity index (χ0v) is 39.7. The van der Waals surface area contributed by atoms with Crippen molar-refractivity contribution in [1.29, 1.82) is 0 Å². The van der Waals surface area contributed by atoms with Gasteiger partial charge in [0.1, 0.15) is 48.1 Å². The fraction of sp³-hybridized carbons (Fsp3) is 0.306. The van der Waals surface area contributed by atoms with Crippen molar-refractivity contribution in [3.05, 3.63) is 177 Å². The molecule has 0 bridgehead atoms. The Hall–Kier alpha value is -6.41. The summed E-state index contributed by atoms with van der Waals surface area (Å²) in [6.07, 6.45) is -0.310. The molecule has 1 amide bonds. The number of nitrogens with one attached hydrogen (secondary N) is 2. The maximum atomic E-state index is 13.3. The number of ether oxygens (including phenoxy) is 5. The van der Waals surface area contributed by atoms with Gasteiger partial charge in [0.05, 0.1) is 46.0 Å². The fourth-order valence-electron chi connectivity index (χ4n) is 8.66. The van der Waals surface area contributed by atoms with E-state index in [-0.39, 0.29) is 37.8 Å². The van der Waals surface area contributed by atoms with Gasteiger partial charge in [0.15, 0.2) is 23.5 Å². The van der Waals surface area contributed by atoms with Crippen molar-refractivity contribution in [2.75, 3.05) is 39.4 Å². The van der Waals surface area contributed by atoms with E-state index in [0.717, 1.165) is 16.7 Å². The van der Waals surface area contributed by atoms with E-state index in [2.05, 4.69) is 25.3 Å². The average molecular weight is 976 g/mol. The predicted octanol–water partition coefficient (Wildman–Crippen LogP) is 6.24. The summed E-state index contributed by atoms with van der Waals surface area (Å²) in [5, 5.41) is 14.1. The number of fused-ring (bicyclic) bond motifs is 1. The molecule has 2 fully saturated rings. The molecule has 5 heterocycles. The van der Waals surface area contributed by atoms with Crippen molar-refractivity contribution in [3.63, 3.8) is 0 Å². The molecule has 0 saturated carbocycles. The number of hydrogen-bond acceptors (Lipinski definition) is 15. The van der Waals surface area contributed by atoms with E-state index in [1.54, 1.807) is 56.6 Å². The number of H-pyrrole nitrogens is 1. The molecular formula is C49H50N7O11PS. The van der Waals surface area contributed by atoms with Gasteiger partial charge in [0.25, 0.3) is 11.5 Å². The van der Waals surface area contributed by atoms with Gasteiger partial charge in [-0.05, 0) is 71.8 Å². The molecule has 7 aromatic rings. The minimum absolute atomic E-state index is 0.0628. The number of aliphatic hydroxyl groups is 1. The predicted molar refractivity (Wildman–Crippen MR) is 258 cm³/mol. The van der Waals surface area contributed by atoms with Crippen LogP contribution in [0, 0.1) is 6.92 Å². The minimum Gasteiger partial charge on any atom is -0.497 e. The van der Waals surface area contributed by atoms with Crippen molar-refractivity contribution in [1.82, 2.24) is 29.1 Å². The van der Waals surface area contributed by atoms with E-state index >= 15 is 0 Å². The largest absolute Gasteiger partial charge is 0.497 e. The van der Waals surface area contributed by atoms with E-state index in [9.17, 15) is 19.5 Å². The van der Waals surface area contributed by atoms with Gasteiger partial charge < -0.3 is 43.2 Å². The Morgan fingerprint density at radius 2 is 1.43 bits per heavy atom. The number of anilines is 1. The maximum absolute atomic E-state index is 13.3. The van der Waals surface area contributed by atoms with Crippen LogP contribution in [0.5, 0.6) is 11.5 Å². The third-order valence-electron chi connectivity index (χ3n) is 12.2. The van der Waals surface area contributed by atoms with Crippen LogP contribution >= 0.6 is 6.49 Å². The Morgan fingerprint density at radius 1 is 0.826 bits per heavy atom. The highest BCUT2D eigenvalue weighted by molar-refractivity contribution is 8.09. The molecule has 4 aromatic carbocycles. The molecule has 2 saturated heterocycles. The van der Waals surface area contributed by atoms with E-state index in [1.807, 2.05) is 84.9 Å². The quantitative estimate of drug-likeness (QED) is 0.0681. The van der Waals surface area contributed by atoms with Gasteiger partial charge in [-0.1, -0.05) is 72.8 Å². The number of amides is 1. The van der Waals surface area contributed by atoms with E-state index < -0.39 is 60.2 Å². The van der Waals surface area contributed by atoms with Crippen LogP contribution in [0.25, 0.3) is 11.2 Å². The summed E-state index contributed by atoms with van der Waals surface area (Å²) in [4.78, 5) is 54.1. The first-order valence-electron chi connectivity index (χ1n) is 22.1. The number of carbonyl (C=O) groups excluding carboxylic acids is 1. The first-order chi connectivity index (χ1) is 33.3. The molecule has 1 unspecified atom stereocenters. The summed E-state index contributed by atoms with van der Waals surface area (Å²) >= 11 is 6.04. The van der Waals surface area contributed by atoms with Crippen LogP contribution in [0.4, 0.5) is 5.82 Å². The summed E-state index contributed by atoms with van der Waals surface area (Å²) in [6, 6.07) is 33.8. The van der Waals surface area contributed by atoms with Gasteiger partial charge in [-0.25, -0.2) is 19.7 Å². The number of aromatic nitrogens is 6. The van der Waals surface area contributed by atoms with Crippen molar-refractivity contribution in [2.45, 2.75) is 62.2 Å². The summed E-state index contributed by atoms with van der Waals surface area (Å²) in [5.74, 6) is 1.20. The summed E-state index contributed by atoms with van der Waals surface area (Å²) in [6.45, 7) is -0.0708. The lowest BCUT2D eigenvalue weighted by Crippen LogP contribution is -2.38. The first kappa shape index (κ1) is 47.6. The van der Waals surface area contributed by atoms with Crippen LogP contribution in [0.2, 0.25) is 0 Å². The van der Waals surface area contributed by atoms with Crippen molar-refractivity contribution in [2.24, 2.45) is 0 Å². The van der Waals surface area contributed by atoms with Gasteiger partial charge in [-0.2, -0.15) is 0 Å². The zero-order chi connectivity index (χ0) is 48.3. The lowest BCUT2D eigenvalue weighted by atomic mass is 9.80. The average Bonchev–Trinajstić information content (AvgIpc) is 4.09. The highest BCUT2D eigenvalue weighted by atomic mass is 32.5. The summed E-state index contributed by atoms with van der Waals surface area (Å²) < 4.78 is 47.3. The number of hydrogen-bond donors (Lipinski definition) is 3. The standard InChI is InChI=1S/C49H50N7O11PS/c1-30-25-55(48(60)54-46(30)58)42-24-38(40(66-42)26-63-49(32-13-9-6-10-14-32,33-15-19-35(61-2)20-16-33)34-17-21-36(62-3)22-18-34)67-68(4,69)64-27-39-37(57)23-41(65-39)56-29-52-43-44(50-28-51-45(43)56)53-47(59)31-11-7-5-8-12-31/h5-22,25,28-29,37-42,57H,23-24,26-27H2,1-4H3,(H,54,58,60)(H,50,51,53,59)/t37-,38-,39+,40+,41+,42+,68?/m0/s1. The smallest absolute Gasteiger partial charge is 0.330 e. The number of imidazole rings is 1. The maximum Gasteiger partial charge on any atom is 0.330 e. The second kappa shape index (κ2) is 20.3. The second-order valence-corrected chi connectivity index (χ2v) is 20.7. The molecule has 20 heteroatoms. The molecule has 2 aliphatic rings. The normalized spacial score (nSPS) is 21.2. The third kappa shape index (κ3) is 10.0. The van der Waals surface area contributed by atoms with Gasteiger partial charge in [-0.15, -0.1) is 0 Å². The van der Waals surface area contributed by atoms with E-state index in [1.165, 1.54) is 23.4 Å². The van der Waals surface area contributed by atoms with Crippen LogP contribution in [-0.2, 0) is 40.7 Å². The number of benzene rings is 4. The van der Waals surface area contributed by atoms with E-state index in [4.69, 9.17) is 44.5 Å². The SMILES string of the molecule is COc1ccc(C(OC[C@H]2O[C@@H](n3cc(C)c(=O)[nH]c3=O)C[C@@H]2OP(C)(=S)OC[C@H]2O[C@@H](n3cnc4c(NC(=O)c5ccccc5)ncnc43)C[C@@H]2O)(c2ccccc2)c2ccc(OC)cc2)cc1. The van der Waals surface area contributed by atoms with Crippen LogP contribution in [0.1, 0.15) is 57.9 Å². The topological polar surface area (TPSA) is 212 Å². The molecule has 358 valence electrons. The van der Waals surface area contributed by atoms with Gasteiger partial charge in [-0.3, -0.25) is 23.7 Å². The zero-order valence-electron chi connectivity index (χ0n) is 38.0. The van der Waals surface area contributed by atoms with Crippen LogP contribution < -0.4 is 26.0 Å². The first-order valence-corrected chi connectivity index (χ1v) is 25.2. The summed E-state index contributed by atoms with van der Waals surface area (Å²) in [7, 11) is 3.21. The molecule has 0 aliphatic carbocycles. The number of aromatic amines is 1. The second-order valence-electron chi connectivity index (χ2n) is 16.7. The Labute approximate surface area is 401 Å². The number of nitrogens with zero attached hydrogens (tertiary/aromatic N) is 5. The van der Waals surface area contributed by atoms with Crippen molar-refractivity contribution < 1.29 is 42.6 Å². The Morgan fingerprint density at radius 3 is 2.09 bits per heavy atom. The number of aliphatic hydroxyl groups excluding tert-OH is 1. The summed E-state index contributed by atoms with van der Waals surface area (Å²) in [5.41, 5.74) is 1.57. The van der Waals surface area contributed by atoms with E-state index in [0.29, 0.717) is 33.8 Å². The van der Waals surface area contributed by atoms with Crippen LogP contribution in [0.15, 0.2) is 138 Å². The third-order valence-corrected chi connectivity index (χ3v) is 14.1. The van der Waals surface area contributed by atoms with Gasteiger partial charge in [0, 0.05) is 36.8 Å². The highest BCUT2D eigenvalue weighted by Crippen LogP contribution is 2.51. The minimum atomic E-state index is -3.17. The molecule has 18 nitrogen and oxygen atoms in total. The highest BCUT2D eigenvalue weighted by Gasteiger charge is 2.45. The molecule has 69 heavy (non-hydrogen) atoms. The number of rotatable bonds is 17. The lowest BCUT2D eigenvalue weighted by Gasteiger charge is -2.37. The molecule has 0 radical (unpaired) electrons. The molecule has 0 spiro atoms. The molecule has 3 aromatic heterocycles. The lowest BCUT2D eigenvalue weighted by molar-refractivity contribution is -0.0923. The van der Waals surface area contributed by atoms with Crippen LogP contribution in [0.3, 0.4) is 0 Å². The molecule has 9 rings (SSSR count). The molecule has 3 N–H and O–H groups in total. The fourth-order valence-corrected chi connectivity index (χ4v) is 10.4. The van der Waals surface area contributed by atoms with Crippen molar-refractivity contribution >= 4 is 41.2 Å². The van der Waals surface area contributed by atoms with Gasteiger partial charge in [0.2, 0.25) is 0 Å². The molecule has 2 aliphatic heterocycles. The van der Waals surface area contributed by atoms with Gasteiger partial charge >= 0.3 is 5.69 Å². The monoisotopic (exact) mass is 975 g/mol.